The molecular formula is C14H15FN2O3. The van der Waals surface area contributed by atoms with Crippen LogP contribution in [-0.2, 0) is 16.1 Å². The molecule has 1 aromatic carbocycles. The molecule has 1 amide bonds. The Kier molecular flexibility index (Phi) is 4.47. The molecule has 1 aromatic heterocycles. The van der Waals surface area contributed by atoms with E-state index in [0.29, 0.717) is 23.6 Å². The predicted molar refractivity (Wildman–Crippen MR) is 70.0 cm³/mol. The zero-order chi connectivity index (χ0) is 14.5. The number of hydroxylamine groups is 2. The Morgan fingerprint density at radius 2 is 2.20 bits per heavy atom. The lowest BCUT2D eigenvalue weighted by Crippen LogP contribution is -2.25. The summed E-state index contributed by atoms with van der Waals surface area (Å²) in [6, 6.07) is 6.30. The highest BCUT2D eigenvalue weighted by Gasteiger charge is 2.13. The molecule has 0 N–H and O–H groups in total. The third-order valence-electron chi connectivity index (χ3n) is 2.87. The minimum absolute atomic E-state index is 0.182. The topological polar surface area (TPSA) is 55.6 Å². The molecule has 0 radical (unpaired) electrons. The number of rotatable bonds is 5. The first-order valence-corrected chi connectivity index (χ1v) is 6.12. The van der Waals surface area contributed by atoms with Crippen molar-refractivity contribution in [2.24, 2.45) is 0 Å². The number of hydrogen-bond donors (Lipinski definition) is 0. The van der Waals surface area contributed by atoms with E-state index in [1.54, 1.807) is 18.2 Å². The number of nitrogens with zero attached hydrogens (tertiary/aromatic N) is 2. The molecule has 106 valence electrons. The summed E-state index contributed by atoms with van der Waals surface area (Å²) in [5, 5.41) is 1.14. The molecule has 0 unspecified atom stereocenters. The third kappa shape index (κ3) is 3.21. The molecule has 0 bridgehead atoms. The summed E-state index contributed by atoms with van der Waals surface area (Å²) in [6.45, 7) is 0. The van der Waals surface area contributed by atoms with Gasteiger partial charge in [-0.05, 0) is 12.1 Å². The predicted octanol–water partition coefficient (Wildman–Crippen LogP) is 2.43. The van der Waals surface area contributed by atoms with Gasteiger partial charge in [0.2, 0.25) is 5.91 Å². The van der Waals surface area contributed by atoms with Crippen LogP contribution in [0, 0.1) is 5.82 Å². The smallest absolute Gasteiger partial charge is 0.246 e. The van der Waals surface area contributed by atoms with Gasteiger partial charge < -0.3 is 4.42 Å². The highest BCUT2D eigenvalue weighted by molar-refractivity contribution is 5.74. The number of oxazole rings is 1. The fourth-order valence-electron chi connectivity index (χ4n) is 1.68. The van der Waals surface area contributed by atoms with Crippen LogP contribution in [0.5, 0.6) is 0 Å². The van der Waals surface area contributed by atoms with E-state index in [1.165, 1.54) is 26.4 Å². The van der Waals surface area contributed by atoms with E-state index >= 15 is 0 Å². The minimum atomic E-state index is -0.370. The van der Waals surface area contributed by atoms with Crippen LogP contribution >= 0.6 is 0 Å². The van der Waals surface area contributed by atoms with Crippen LogP contribution in [-0.4, -0.2) is 30.1 Å². The van der Waals surface area contributed by atoms with Gasteiger partial charge in [0, 0.05) is 19.9 Å². The summed E-state index contributed by atoms with van der Waals surface area (Å²) in [6.07, 6.45) is 2.00. The monoisotopic (exact) mass is 278 g/mol. The van der Waals surface area contributed by atoms with Crippen molar-refractivity contribution in [1.82, 2.24) is 10.0 Å². The Morgan fingerprint density at radius 3 is 2.90 bits per heavy atom. The van der Waals surface area contributed by atoms with Crippen molar-refractivity contribution in [3.05, 3.63) is 42.2 Å². The molecule has 20 heavy (non-hydrogen) atoms. The van der Waals surface area contributed by atoms with Crippen molar-refractivity contribution in [2.45, 2.75) is 12.8 Å². The Hall–Kier alpha value is -2.21. The maximum Gasteiger partial charge on any atom is 0.246 e. The van der Waals surface area contributed by atoms with Gasteiger partial charge in [-0.2, -0.15) is 0 Å². The molecule has 5 nitrogen and oxygen atoms in total. The van der Waals surface area contributed by atoms with Gasteiger partial charge in [-0.15, -0.1) is 0 Å². The van der Waals surface area contributed by atoms with Crippen molar-refractivity contribution in [3.8, 4) is 11.3 Å². The number of aromatic nitrogens is 1. The SMILES string of the molecule is CON(C)C(=O)CCc1ncc(-c2ccccc2F)o1. The van der Waals surface area contributed by atoms with Crippen LogP contribution in [0.15, 0.2) is 34.9 Å². The van der Waals surface area contributed by atoms with Crippen LogP contribution in [0.3, 0.4) is 0 Å². The molecule has 1 heterocycles. The van der Waals surface area contributed by atoms with Crippen LogP contribution in [0.2, 0.25) is 0 Å². The van der Waals surface area contributed by atoms with Crippen LogP contribution in [0.1, 0.15) is 12.3 Å². The lowest BCUT2D eigenvalue weighted by atomic mass is 10.2. The van der Waals surface area contributed by atoms with Gasteiger partial charge in [-0.3, -0.25) is 9.63 Å². The second-order valence-corrected chi connectivity index (χ2v) is 4.17. The second-order valence-electron chi connectivity index (χ2n) is 4.17. The summed E-state index contributed by atoms with van der Waals surface area (Å²) in [7, 11) is 2.95. The number of aryl methyl sites for hydroxylation is 1. The lowest BCUT2D eigenvalue weighted by Gasteiger charge is -2.12. The van der Waals surface area contributed by atoms with Crippen LogP contribution < -0.4 is 0 Å². The molecule has 0 aliphatic rings. The van der Waals surface area contributed by atoms with E-state index in [0.717, 1.165) is 5.06 Å². The van der Waals surface area contributed by atoms with Gasteiger partial charge in [0.25, 0.3) is 0 Å². The summed E-state index contributed by atoms with van der Waals surface area (Å²) in [5.41, 5.74) is 0.353. The largest absolute Gasteiger partial charge is 0.441 e. The lowest BCUT2D eigenvalue weighted by molar-refractivity contribution is -0.168. The molecular weight excluding hydrogens is 263 g/mol. The molecule has 0 aliphatic heterocycles. The van der Waals surface area contributed by atoms with Crippen molar-refractivity contribution >= 4 is 5.91 Å². The van der Waals surface area contributed by atoms with Gasteiger partial charge in [-0.25, -0.2) is 14.4 Å². The summed E-state index contributed by atoms with van der Waals surface area (Å²) in [5.74, 6) is 0.190. The zero-order valence-electron chi connectivity index (χ0n) is 11.3. The average molecular weight is 278 g/mol. The second kappa shape index (κ2) is 6.29. The Labute approximate surface area is 115 Å². The minimum Gasteiger partial charge on any atom is -0.441 e. The third-order valence-corrected chi connectivity index (χ3v) is 2.87. The van der Waals surface area contributed by atoms with E-state index in [-0.39, 0.29) is 18.1 Å². The van der Waals surface area contributed by atoms with Gasteiger partial charge in [-0.1, -0.05) is 12.1 Å². The van der Waals surface area contributed by atoms with Gasteiger partial charge in [0.1, 0.15) is 5.82 Å². The van der Waals surface area contributed by atoms with E-state index in [4.69, 9.17) is 9.25 Å². The fourth-order valence-corrected chi connectivity index (χ4v) is 1.68. The van der Waals surface area contributed by atoms with Gasteiger partial charge in [0.15, 0.2) is 11.7 Å². The van der Waals surface area contributed by atoms with Crippen molar-refractivity contribution < 1.29 is 18.4 Å². The van der Waals surface area contributed by atoms with E-state index in [9.17, 15) is 9.18 Å². The number of halogens is 1. The van der Waals surface area contributed by atoms with Crippen LogP contribution in [0.25, 0.3) is 11.3 Å². The molecule has 6 heteroatoms. The first kappa shape index (κ1) is 14.2. The highest BCUT2D eigenvalue weighted by Crippen LogP contribution is 2.23. The molecule has 0 spiro atoms. The van der Waals surface area contributed by atoms with Crippen LogP contribution in [0.4, 0.5) is 4.39 Å². The Morgan fingerprint density at radius 1 is 1.45 bits per heavy atom. The van der Waals surface area contributed by atoms with Crippen molar-refractivity contribution in [1.29, 1.82) is 0 Å². The first-order chi connectivity index (χ1) is 9.61. The number of carbonyl (C=O) groups is 1. The average Bonchev–Trinajstić information content (AvgIpc) is 2.93. The number of carbonyl (C=O) groups excluding carboxylic acids is 1. The van der Waals surface area contributed by atoms with Crippen molar-refractivity contribution in [2.75, 3.05) is 14.2 Å². The quantitative estimate of drug-likeness (QED) is 0.788. The standard InChI is InChI=1S/C14H15FN2O3/c1-17(19-2)14(18)8-7-13-16-9-12(20-13)10-5-3-4-6-11(10)15/h3-6,9H,7-8H2,1-2H3. The molecule has 0 fully saturated rings. The maximum atomic E-state index is 13.6. The normalized spacial score (nSPS) is 10.6. The van der Waals surface area contributed by atoms with E-state index in [2.05, 4.69) is 4.98 Å². The highest BCUT2D eigenvalue weighted by atomic mass is 19.1. The number of amides is 1. The Bertz CT molecular complexity index is 598. The van der Waals surface area contributed by atoms with E-state index < -0.39 is 0 Å². The molecule has 0 saturated carbocycles. The summed E-state index contributed by atoms with van der Waals surface area (Å²) >= 11 is 0. The van der Waals surface area contributed by atoms with E-state index in [1.807, 2.05) is 0 Å². The molecule has 0 atom stereocenters. The molecule has 0 saturated heterocycles. The number of hydrogen-bond acceptors (Lipinski definition) is 4. The zero-order valence-corrected chi connectivity index (χ0v) is 11.3. The Balaban J connectivity index is 2.03. The maximum absolute atomic E-state index is 13.6. The first-order valence-electron chi connectivity index (χ1n) is 6.12. The molecule has 2 rings (SSSR count). The number of benzene rings is 1. The van der Waals surface area contributed by atoms with Crippen molar-refractivity contribution in [3.63, 3.8) is 0 Å². The van der Waals surface area contributed by atoms with Gasteiger partial charge in [0.05, 0.1) is 18.9 Å². The molecule has 2 aromatic rings. The van der Waals surface area contributed by atoms with Gasteiger partial charge >= 0.3 is 0 Å². The summed E-state index contributed by atoms with van der Waals surface area (Å²) in [4.78, 5) is 20.4. The fraction of sp³-hybridized carbons (Fsp3) is 0.286. The molecule has 0 aliphatic carbocycles. The summed E-state index contributed by atoms with van der Waals surface area (Å²) < 4.78 is 19.0.